The lowest BCUT2D eigenvalue weighted by Crippen LogP contribution is -2.19. The molecule has 0 bridgehead atoms. The number of fused-ring (bicyclic) bond motifs is 1. The standard InChI is InChI=1S/C16H14ClN3O/c1-20(21-10-12-5-3-2-4-6-12)16-14-8-7-13(17)9-15(14)18-11-19-16/h2-9,11H,10H2,1H3. The Morgan fingerprint density at radius 1 is 1.10 bits per heavy atom. The van der Waals surface area contributed by atoms with Gasteiger partial charge in [-0.15, -0.1) is 0 Å². The number of halogens is 1. The van der Waals surface area contributed by atoms with Crippen LogP contribution in [0.1, 0.15) is 5.56 Å². The van der Waals surface area contributed by atoms with Crippen LogP contribution < -0.4 is 5.06 Å². The van der Waals surface area contributed by atoms with Crippen LogP contribution in [0.3, 0.4) is 0 Å². The van der Waals surface area contributed by atoms with Crippen LogP contribution >= 0.6 is 11.6 Å². The van der Waals surface area contributed by atoms with Gasteiger partial charge >= 0.3 is 0 Å². The molecule has 0 unspecified atom stereocenters. The van der Waals surface area contributed by atoms with E-state index in [1.165, 1.54) is 6.33 Å². The zero-order valence-electron chi connectivity index (χ0n) is 11.5. The summed E-state index contributed by atoms with van der Waals surface area (Å²) in [4.78, 5) is 14.3. The summed E-state index contributed by atoms with van der Waals surface area (Å²) in [7, 11) is 1.83. The average molecular weight is 300 g/mol. The van der Waals surface area contributed by atoms with Crippen LogP contribution in [0.25, 0.3) is 10.9 Å². The van der Waals surface area contributed by atoms with Crippen LogP contribution in [-0.2, 0) is 11.4 Å². The van der Waals surface area contributed by atoms with Crippen molar-refractivity contribution < 1.29 is 4.84 Å². The first-order chi connectivity index (χ1) is 10.2. The number of hydrogen-bond donors (Lipinski definition) is 0. The first kappa shape index (κ1) is 13.8. The number of nitrogens with zero attached hydrogens (tertiary/aromatic N) is 3. The van der Waals surface area contributed by atoms with E-state index in [9.17, 15) is 0 Å². The summed E-state index contributed by atoms with van der Waals surface area (Å²) in [6.45, 7) is 0.483. The molecule has 0 saturated carbocycles. The van der Waals surface area contributed by atoms with Crippen molar-refractivity contribution in [3.63, 3.8) is 0 Å². The van der Waals surface area contributed by atoms with E-state index in [1.807, 2.05) is 55.6 Å². The first-order valence-corrected chi connectivity index (χ1v) is 6.92. The van der Waals surface area contributed by atoms with Crippen molar-refractivity contribution in [2.24, 2.45) is 0 Å². The second-order valence-electron chi connectivity index (χ2n) is 4.62. The van der Waals surface area contributed by atoms with Gasteiger partial charge in [0.05, 0.1) is 12.1 Å². The van der Waals surface area contributed by atoms with E-state index in [2.05, 4.69) is 9.97 Å². The molecule has 5 heteroatoms. The number of hydroxylamine groups is 1. The summed E-state index contributed by atoms with van der Waals surface area (Å²) in [6, 6.07) is 15.5. The molecule has 0 spiro atoms. The van der Waals surface area contributed by atoms with E-state index in [1.54, 1.807) is 5.06 Å². The molecule has 0 N–H and O–H groups in total. The van der Waals surface area contributed by atoms with Gasteiger partial charge in [0.2, 0.25) is 0 Å². The molecule has 4 nitrogen and oxygen atoms in total. The van der Waals surface area contributed by atoms with Gasteiger partial charge in [-0.25, -0.2) is 15.0 Å². The third-order valence-electron chi connectivity index (χ3n) is 3.14. The van der Waals surface area contributed by atoms with Crippen LogP contribution in [-0.4, -0.2) is 17.0 Å². The third kappa shape index (κ3) is 3.12. The summed E-state index contributed by atoms with van der Waals surface area (Å²) in [6.07, 6.45) is 1.51. The Bertz CT molecular complexity index is 749. The molecular weight excluding hydrogens is 286 g/mol. The van der Waals surface area contributed by atoms with E-state index in [0.29, 0.717) is 17.4 Å². The van der Waals surface area contributed by atoms with Gasteiger partial charge in [0.25, 0.3) is 0 Å². The van der Waals surface area contributed by atoms with Gasteiger partial charge in [-0.05, 0) is 23.8 Å². The summed E-state index contributed by atoms with van der Waals surface area (Å²) in [5, 5.41) is 3.21. The maximum atomic E-state index is 5.99. The van der Waals surface area contributed by atoms with E-state index in [-0.39, 0.29) is 0 Å². The molecule has 0 amide bonds. The highest BCUT2D eigenvalue weighted by Gasteiger charge is 2.09. The fourth-order valence-corrected chi connectivity index (χ4v) is 2.24. The minimum Gasteiger partial charge on any atom is -0.267 e. The minimum absolute atomic E-state index is 0.483. The Kier molecular flexibility index (Phi) is 3.99. The van der Waals surface area contributed by atoms with Gasteiger partial charge in [-0.3, -0.25) is 4.84 Å². The SMILES string of the molecule is CN(OCc1ccccc1)c1ncnc2cc(Cl)ccc12. The number of anilines is 1. The normalized spacial score (nSPS) is 10.8. The van der Waals surface area contributed by atoms with Gasteiger partial charge < -0.3 is 0 Å². The highest BCUT2D eigenvalue weighted by molar-refractivity contribution is 6.31. The van der Waals surface area contributed by atoms with Crippen molar-refractivity contribution in [2.75, 3.05) is 12.1 Å². The predicted octanol–water partition coefficient (Wildman–Crippen LogP) is 3.85. The maximum absolute atomic E-state index is 5.99. The van der Waals surface area contributed by atoms with E-state index in [0.717, 1.165) is 16.5 Å². The van der Waals surface area contributed by atoms with E-state index in [4.69, 9.17) is 16.4 Å². The molecule has 0 aliphatic heterocycles. The first-order valence-electron chi connectivity index (χ1n) is 6.55. The number of benzene rings is 2. The topological polar surface area (TPSA) is 38.2 Å². The van der Waals surface area contributed by atoms with Crippen LogP contribution in [0.4, 0.5) is 5.82 Å². The second kappa shape index (κ2) is 6.08. The molecule has 0 aliphatic rings. The maximum Gasteiger partial charge on any atom is 0.163 e. The fraction of sp³-hybridized carbons (Fsp3) is 0.125. The Morgan fingerprint density at radius 2 is 1.90 bits per heavy atom. The zero-order chi connectivity index (χ0) is 14.7. The molecule has 2 aromatic carbocycles. The summed E-state index contributed by atoms with van der Waals surface area (Å²) < 4.78 is 0. The molecule has 0 atom stereocenters. The third-order valence-corrected chi connectivity index (χ3v) is 3.38. The van der Waals surface area contributed by atoms with Crippen molar-refractivity contribution in [1.29, 1.82) is 0 Å². The quantitative estimate of drug-likeness (QED) is 0.686. The highest BCUT2D eigenvalue weighted by atomic mass is 35.5. The lowest BCUT2D eigenvalue weighted by Gasteiger charge is -2.19. The van der Waals surface area contributed by atoms with Crippen LogP contribution in [0, 0.1) is 0 Å². The predicted molar refractivity (Wildman–Crippen MR) is 84.2 cm³/mol. The Labute approximate surface area is 127 Å². The molecule has 0 fully saturated rings. The zero-order valence-corrected chi connectivity index (χ0v) is 12.3. The molecule has 0 saturated heterocycles. The van der Waals surface area contributed by atoms with Crippen molar-refractivity contribution in [3.05, 3.63) is 65.4 Å². The monoisotopic (exact) mass is 299 g/mol. The fourth-order valence-electron chi connectivity index (χ4n) is 2.07. The lowest BCUT2D eigenvalue weighted by molar-refractivity contribution is 0.107. The highest BCUT2D eigenvalue weighted by Crippen LogP contribution is 2.25. The summed E-state index contributed by atoms with van der Waals surface area (Å²) >= 11 is 5.99. The molecule has 21 heavy (non-hydrogen) atoms. The van der Waals surface area contributed by atoms with Crippen LogP contribution in [0.15, 0.2) is 54.9 Å². The van der Waals surface area contributed by atoms with Gasteiger partial charge in [0, 0.05) is 17.5 Å². The molecule has 1 heterocycles. The Hall–Kier alpha value is -2.17. The van der Waals surface area contributed by atoms with Crippen LogP contribution in [0.5, 0.6) is 0 Å². The number of hydrogen-bond acceptors (Lipinski definition) is 4. The largest absolute Gasteiger partial charge is 0.267 e. The summed E-state index contributed by atoms with van der Waals surface area (Å²) in [5.74, 6) is 0.715. The molecular formula is C16H14ClN3O. The molecule has 3 aromatic rings. The van der Waals surface area contributed by atoms with Crippen molar-refractivity contribution in [3.8, 4) is 0 Å². The smallest absolute Gasteiger partial charge is 0.163 e. The van der Waals surface area contributed by atoms with Gasteiger partial charge in [0.15, 0.2) is 5.82 Å². The van der Waals surface area contributed by atoms with Gasteiger partial charge in [0.1, 0.15) is 6.33 Å². The number of aromatic nitrogens is 2. The van der Waals surface area contributed by atoms with E-state index >= 15 is 0 Å². The van der Waals surface area contributed by atoms with E-state index < -0.39 is 0 Å². The minimum atomic E-state index is 0.483. The molecule has 106 valence electrons. The van der Waals surface area contributed by atoms with Gasteiger partial charge in [-0.2, -0.15) is 0 Å². The summed E-state index contributed by atoms with van der Waals surface area (Å²) in [5.41, 5.74) is 1.90. The Morgan fingerprint density at radius 3 is 2.71 bits per heavy atom. The number of rotatable bonds is 4. The molecule has 1 aromatic heterocycles. The van der Waals surface area contributed by atoms with Crippen molar-refractivity contribution in [1.82, 2.24) is 9.97 Å². The Balaban J connectivity index is 1.83. The van der Waals surface area contributed by atoms with Crippen LogP contribution in [0.2, 0.25) is 5.02 Å². The molecule has 3 rings (SSSR count). The average Bonchev–Trinajstić information content (AvgIpc) is 2.52. The second-order valence-corrected chi connectivity index (χ2v) is 5.05. The van der Waals surface area contributed by atoms with Gasteiger partial charge in [-0.1, -0.05) is 41.9 Å². The lowest BCUT2D eigenvalue weighted by atomic mass is 10.2. The van der Waals surface area contributed by atoms with Crippen molar-refractivity contribution in [2.45, 2.75) is 6.61 Å². The molecule has 0 radical (unpaired) electrons. The van der Waals surface area contributed by atoms with Crippen molar-refractivity contribution >= 4 is 28.3 Å². The molecule has 0 aliphatic carbocycles.